The average molecular weight is 288 g/mol. The van der Waals surface area contributed by atoms with E-state index < -0.39 is 11.5 Å². The van der Waals surface area contributed by atoms with Gasteiger partial charge in [-0.05, 0) is 54.1 Å². The lowest BCUT2D eigenvalue weighted by molar-refractivity contribution is -0.145. The third-order valence-corrected chi connectivity index (χ3v) is 3.59. The van der Waals surface area contributed by atoms with E-state index in [4.69, 9.17) is 4.74 Å². The number of hydrogen-bond acceptors (Lipinski definition) is 4. The minimum Gasteiger partial charge on any atom is -0.480 e. The van der Waals surface area contributed by atoms with Gasteiger partial charge in [-0.2, -0.15) is 0 Å². The molecule has 5 nitrogen and oxygen atoms in total. The monoisotopic (exact) mass is 288 g/mol. The molecule has 2 N–H and O–H groups in total. The van der Waals surface area contributed by atoms with Crippen LogP contribution < -0.4 is 5.32 Å². The normalized spacial score (nSPS) is 16.4. The molecule has 0 rings (SSSR count). The maximum atomic E-state index is 11.5. The molecular formula is C15H32N2O3. The number of carboxylic acids is 1. The number of nitrogens with one attached hydrogen (secondary N) is 1. The quantitative estimate of drug-likeness (QED) is 0.608. The lowest BCUT2D eigenvalue weighted by atomic mass is 9.93. The Balaban J connectivity index is 4.36. The zero-order valence-corrected chi connectivity index (χ0v) is 13.9. The molecule has 0 aliphatic carbocycles. The first kappa shape index (κ1) is 19.4. The summed E-state index contributed by atoms with van der Waals surface area (Å²) < 4.78 is 5.53. The van der Waals surface area contributed by atoms with Crippen molar-refractivity contribution >= 4 is 5.97 Å². The van der Waals surface area contributed by atoms with E-state index in [1.165, 1.54) is 0 Å². The van der Waals surface area contributed by atoms with Gasteiger partial charge in [0.15, 0.2) is 0 Å². The van der Waals surface area contributed by atoms with E-state index in [2.05, 4.69) is 17.1 Å². The van der Waals surface area contributed by atoms with Crippen LogP contribution in [0, 0.1) is 0 Å². The first-order valence-electron chi connectivity index (χ1n) is 7.53. The molecule has 2 unspecified atom stereocenters. The molecule has 0 heterocycles. The van der Waals surface area contributed by atoms with Crippen molar-refractivity contribution in [2.24, 2.45) is 0 Å². The summed E-state index contributed by atoms with van der Waals surface area (Å²) in [6.07, 6.45) is 1.73. The highest BCUT2D eigenvalue weighted by Crippen LogP contribution is 2.16. The van der Waals surface area contributed by atoms with Crippen molar-refractivity contribution in [3.63, 3.8) is 0 Å². The molecule has 0 saturated carbocycles. The Morgan fingerprint density at radius 3 is 2.45 bits per heavy atom. The van der Waals surface area contributed by atoms with Crippen molar-refractivity contribution in [1.82, 2.24) is 10.2 Å². The zero-order chi connectivity index (χ0) is 15.8. The Labute approximate surface area is 123 Å². The SMILES string of the molecule is CCCNC(C)(CC(C)N(C)CCOC(C)C)C(=O)O. The van der Waals surface area contributed by atoms with E-state index in [9.17, 15) is 9.90 Å². The molecule has 2 atom stereocenters. The van der Waals surface area contributed by atoms with Crippen molar-refractivity contribution in [1.29, 1.82) is 0 Å². The summed E-state index contributed by atoms with van der Waals surface area (Å²) in [7, 11) is 2.01. The van der Waals surface area contributed by atoms with Gasteiger partial charge in [0.2, 0.25) is 0 Å². The number of likely N-dealkylation sites (N-methyl/N-ethyl adjacent to an activating group) is 1. The van der Waals surface area contributed by atoms with Crippen LogP contribution in [0.4, 0.5) is 0 Å². The van der Waals surface area contributed by atoms with E-state index in [0.717, 1.165) is 19.5 Å². The summed E-state index contributed by atoms with van der Waals surface area (Å²) >= 11 is 0. The molecule has 0 radical (unpaired) electrons. The van der Waals surface area contributed by atoms with Gasteiger partial charge < -0.3 is 20.1 Å². The van der Waals surface area contributed by atoms with Crippen LogP contribution in [-0.2, 0) is 9.53 Å². The number of rotatable bonds is 11. The van der Waals surface area contributed by atoms with E-state index >= 15 is 0 Å². The van der Waals surface area contributed by atoms with E-state index in [1.54, 1.807) is 6.92 Å². The van der Waals surface area contributed by atoms with E-state index in [0.29, 0.717) is 13.0 Å². The highest BCUT2D eigenvalue weighted by atomic mass is 16.5. The number of ether oxygens (including phenoxy) is 1. The number of carbonyl (C=O) groups is 1. The highest BCUT2D eigenvalue weighted by molar-refractivity contribution is 5.78. The fourth-order valence-electron chi connectivity index (χ4n) is 2.04. The summed E-state index contributed by atoms with van der Waals surface area (Å²) in [5, 5.41) is 12.6. The van der Waals surface area contributed by atoms with Gasteiger partial charge in [0.1, 0.15) is 5.54 Å². The Kier molecular flexibility index (Phi) is 9.01. The smallest absolute Gasteiger partial charge is 0.323 e. The predicted molar refractivity (Wildman–Crippen MR) is 82.1 cm³/mol. The van der Waals surface area contributed by atoms with Gasteiger partial charge in [-0.25, -0.2) is 0 Å². The predicted octanol–water partition coefficient (Wildman–Crippen LogP) is 1.96. The fourth-order valence-corrected chi connectivity index (χ4v) is 2.04. The maximum absolute atomic E-state index is 11.5. The zero-order valence-electron chi connectivity index (χ0n) is 13.9. The van der Waals surface area contributed by atoms with Crippen LogP contribution in [0.2, 0.25) is 0 Å². The van der Waals surface area contributed by atoms with E-state index in [-0.39, 0.29) is 12.1 Å². The Morgan fingerprint density at radius 1 is 1.40 bits per heavy atom. The first-order valence-corrected chi connectivity index (χ1v) is 7.53. The van der Waals surface area contributed by atoms with Gasteiger partial charge in [0.25, 0.3) is 0 Å². The Bertz CT molecular complexity index is 284. The summed E-state index contributed by atoms with van der Waals surface area (Å²) in [6, 6.07) is 0.177. The largest absolute Gasteiger partial charge is 0.480 e. The van der Waals surface area contributed by atoms with Gasteiger partial charge in [-0.15, -0.1) is 0 Å². The van der Waals surface area contributed by atoms with Crippen molar-refractivity contribution in [3.05, 3.63) is 0 Å². The second-order valence-electron chi connectivity index (χ2n) is 6.02. The number of nitrogens with zero attached hydrogens (tertiary/aromatic N) is 1. The van der Waals surface area contributed by atoms with Crippen molar-refractivity contribution in [2.45, 2.75) is 65.1 Å². The summed E-state index contributed by atoms with van der Waals surface area (Å²) in [5.41, 5.74) is -0.872. The standard InChI is InChI=1S/C15H32N2O3/c1-7-8-16-15(5,14(18)19)11-13(4)17(6)9-10-20-12(2)3/h12-13,16H,7-11H2,1-6H3,(H,18,19). The van der Waals surface area contributed by atoms with Crippen LogP contribution in [0.5, 0.6) is 0 Å². The fraction of sp³-hybridized carbons (Fsp3) is 0.933. The molecule has 120 valence electrons. The molecule has 5 heteroatoms. The lowest BCUT2D eigenvalue weighted by Gasteiger charge is -2.33. The van der Waals surface area contributed by atoms with Crippen LogP contribution in [0.1, 0.15) is 47.5 Å². The van der Waals surface area contributed by atoms with Crippen LogP contribution >= 0.6 is 0 Å². The molecule has 0 spiro atoms. The topological polar surface area (TPSA) is 61.8 Å². The molecule has 0 aromatic rings. The van der Waals surface area contributed by atoms with Crippen molar-refractivity contribution in [3.8, 4) is 0 Å². The molecule has 0 saturated heterocycles. The first-order chi connectivity index (χ1) is 9.23. The van der Waals surface area contributed by atoms with Crippen molar-refractivity contribution < 1.29 is 14.6 Å². The molecule has 0 aliphatic heterocycles. The second kappa shape index (κ2) is 9.32. The minimum atomic E-state index is -0.872. The molecule has 0 aromatic heterocycles. The van der Waals surface area contributed by atoms with Gasteiger partial charge in [0, 0.05) is 12.6 Å². The molecule has 0 aliphatic rings. The molecule has 0 aromatic carbocycles. The molecular weight excluding hydrogens is 256 g/mol. The molecule has 0 fully saturated rings. The molecule has 0 amide bonds. The lowest BCUT2D eigenvalue weighted by Crippen LogP contribution is -2.53. The summed E-state index contributed by atoms with van der Waals surface area (Å²) in [6.45, 7) is 12.1. The minimum absolute atomic E-state index is 0.177. The van der Waals surface area contributed by atoms with Gasteiger partial charge in [-0.1, -0.05) is 6.92 Å². The summed E-state index contributed by atoms with van der Waals surface area (Å²) in [5.74, 6) is -0.787. The maximum Gasteiger partial charge on any atom is 0.323 e. The average Bonchev–Trinajstić information content (AvgIpc) is 2.35. The Hall–Kier alpha value is -0.650. The number of hydrogen-bond donors (Lipinski definition) is 2. The molecule has 0 bridgehead atoms. The summed E-state index contributed by atoms with van der Waals surface area (Å²) in [4.78, 5) is 13.6. The van der Waals surface area contributed by atoms with Crippen molar-refractivity contribution in [2.75, 3.05) is 26.7 Å². The highest BCUT2D eigenvalue weighted by Gasteiger charge is 2.34. The van der Waals surface area contributed by atoms with Crippen LogP contribution in [0.3, 0.4) is 0 Å². The van der Waals surface area contributed by atoms with Gasteiger partial charge >= 0.3 is 5.97 Å². The number of aliphatic carboxylic acids is 1. The van der Waals surface area contributed by atoms with Crippen LogP contribution in [0.15, 0.2) is 0 Å². The van der Waals surface area contributed by atoms with Crippen LogP contribution in [-0.4, -0.2) is 60.4 Å². The third-order valence-electron chi connectivity index (χ3n) is 3.59. The van der Waals surface area contributed by atoms with E-state index in [1.807, 2.05) is 27.8 Å². The second-order valence-corrected chi connectivity index (χ2v) is 6.02. The van der Waals surface area contributed by atoms with Gasteiger partial charge in [0.05, 0.1) is 12.7 Å². The number of carboxylic acid groups (broad SMARTS) is 1. The third kappa shape index (κ3) is 7.22. The Morgan fingerprint density at radius 2 is 2.00 bits per heavy atom. The van der Waals surface area contributed by atoms with Gasteiger partial charge in [-0.3, -0.25) is 4.79 Å². The van der Waals surface area contributed by atoms with Crippen LogP contribution in [0.25, 0.3) is 0 Å². The molecule has 20 heavy (non-hydrogen) atoms.